The molecule has 1 saturated heterocycles. The molecular formula is C17H21N3O3S. The van der Waals surface area contributed by atoms with Crippen molar-refractivity contribution in [2.75, 3.05) is 25.5 Å². The summed E-state index contributed by atoms with van der Waals surface area (Å²) in [5, 5.41) is 6.59. The number of nitrogens with zero attached hydrogens (tertiary/aromatic N) is 1. The van der Waals surface area contributed by atoms with Crippen LogP contribution in [0.2, 0.25) is 0 Å². The molecule has 3 rings (SSSR count). The highest BCUT2D eigenvalue weighted by molar-refractivity contribution is 7.18. The Morgan fingerprint density at radius 3 is 3.00 bits per heavy atom. The van der Waals surface area contributed by atoms with E-state index in [2.05, 4.69) is 10.6 Å². The summed E-state index contributed by atoms with van der Waals surface area (Å²) in [5.74, 6) is -0.00853. The van der Waals surface area contributed by atoms with Crippen LogP contribution < -0.4 is 10.6 Å². The van der Waals surface area contributed by atoms with Crippen LogP contribution in [0.5, 0.6) is 0 Å². The van der Waals surface area contributed by atoms with Crippen LogP contribution in [0, 0.1) is 6.92 Å². The quantitative estimate of drug-likeness (QED) is 0.872. The van der Waals surface area contributed by atoms with E-state index < -0.39 is 0 Å². The smallest absolute Gasteiger partial charge is 0.291 e. The van der Waals surface area contributed by atoms with Crippen molar-refractivity contribution < 1.29 is 14.0 Å². The van der Waals surface area contributed by atoms with Crippen LogP contribution in [-0.2, 0) is 0 Å². The number of furan rings is 1. The van der Waals surface area contributed by atoms with E-state index in [1.807, 2.05) is 24.9 Å². The molecule has 0 aromatic carbocycles. The fourth-order valence-electron chi connectivity index (χ4n) is 3.02. The Kier molecular flexibility index (Phi) is 5.01. The summed E-state index contributed by atoms with van der Waals surface area (Å²) in [6, 6.07) is 5.35. The molecule has 2 aromatic rings. The summed E-state index contributed by atoms with van der Waals surface area (Å²) in [5.41, 5.74) is 0.884. The Labute approximate surface area is 144 Å². The topological polar surface area (TPSA) is 74.6 Å². The molecule has 1 atom stereocenters. The third kappa shape index (κ3) is 3.37. The van der Waals surface area contributed by atoms with E-state index in [1.165, 1.54) is 17.6 Å². The summed E-state index contributed by atoms with van der Waals surface area (Å²) >= 11 is 1.31. The minimum absolute atomic E-state index is 0.0498. The number of carbonyl (C=O) groups excluding carboxylic acids is 2. The van der Waals surface area contributed by atoms with Crippen LogP contribution in [0.3, 0.4) is 0 Å². The molecule has 0 aliphatic carbocycles. The lowest BCUT2D eigenvalue weighted by atomic mass is 10.2. The molecule has 1 fully saturated rings. The third-order valence-corrected chi connectivity index (χ3v) is 5.31. The maximum Gasteiger partial charge on any atom is 0.291 e. The Morgan fingerprint density at radius 2 is 2.29 bits per heavy atom. The Hall–Kier alpha value is -2.12. The number of likely N-dealkylation sites (N-methyl/N-ethyl adjacent to an activating group) is 1. The van der Waals surface area contributed by atoms with Gasteiger partial charge in [0.25, 0.3) is 11.8 Å². The van der Waals surface area contributed by atoms with E-state index in [1.54, 1.807) is 12.1 Å². The van der Waals surface area contributed by atoms with Gasteiger partial charge in [0.05, 0.1) is 16.1 Å². The van der Waals surface area contributed by atoms with Gasteiger partial charge in [-0.2, -0.15) is 0 Å². The first kappa shape index (κ1) is 16.7. The first-order valence-corrected chi connectivity index (χ1v) is 8.82. The van der Waals surface area contributed by atoms with Gasteiger partial charge in [-0.15, -0.1) is 11.3 Å². The van der Waals surface area contributed by atoms with Gasteiger partial charge in [0, 0.05) is 19.1 Å². The minimum Gasteiger partial charge on any atom is -0.459 e. The highest BCUT2D eigenvalue weighted by Crippen LogP contribution is 2.30. The zero-order valence-electron chi connectivity index (χ0n) is 13.8. The number of anilines is 1. The monoisotopic (exact) mass is 347 g/mol. The third-order valence-electron chi connectivity index (χ3n) is 4.17. The van der Waals surface area contributed by atoms with Crippen molar-refractivity contribution in [3.8, 4) is 0 Å². The lowest BCUT2D eigenvalue weighted by Gasteiger charge is -2.24. The lowest BCUT2D eigenvalue weighted by molar-refractivity contribution is 0.0741. The van der Waals surface area contributed by atoms with Crippen molar-refractivity contribution in [2.24, 2.45) is 0 Å². The number of nitrogens with one attached hydrogen (secondary N) is 2. The van der Waals surface area contributed by atoms with E-state index >= 15 is 0 Å². The van der Waals surface area contributed by atoms with E-state index in [0.717, 1.165) is 31.5 Å². The number of likely N-dealkylation sites (tertiary alicyclic amines) is 1. The fraction of sp³-hybridized carbons (Fsp3) is 0.412. The van der Waals surface area contributed by atoms with Crippen LogP contribution in [0.4, 0.5) is 5.00 Å². The molecule has 24 heavy (non-hydrogen) atoms. The minimum atomic E-state index is -0.311. The Morgan fingerprint density at radius 1 is 1.46 bits per heavy atom. The van der Waals surface area contributed by atoms with E-state index in [0.29, 0.717) is 9.88 Å². The van der Waals surface area contributed by atoms with Gasteiger partial charge in [0.15, 0.2) is 5.76 Å². The molecule has 0 bridgehead atoms. The number of hydrogen-bond acceptors (Lipinski definition) is 5. The molecule has 2 N–H and O–H groups in total. The standard InChI is InChI=1S/C17H21N3O3S/c1-11-9-14(19-16(21)13-6-4-8-23-13)24-15(11)17(22)20-7-3-5-12(20)10-18-2/h4,6,8-9,12,18H,3,5,7,10H2,1-2H3,(H,19,21). The van der Waals surface area contributed by atoms with Crippen molar-refractivity contribution >= 4 is 28.2 Å². The van der Waals surface area contributed by atoms with Gasteiger partial charge in [0.1, 0.15) is 0 Å². The Balaban J connectivity index is 1.74. The number of carbonyl (C=O) groups is 2. The predicted octanol–water partition coefficient (Wildman–Crippen LogP) is 2.73. The van der Waals surface area contributed by atoms with Gasteiger partial charge in [-0.1, -0.05) is 0 Å². The molecule has 1 aliphatic rings. The van der Waals surface area contributed by atoms with Crippen molar-refractivity contribution in [3.05, 3.63) is 40.7 Å². The maximum absolute atomic E-state index is 12.9. The Bertz CT molecular complexity index is 724. The SMILES string of the molecule is CNCC1CCCN1C(=O)c1sc(NC(=O)c2ccco2)cc1C. The average molecular weight is 347 g/mol. The molecule has 1 aliphatic heterocycles. The molecule has 3 heterocycles. The van der Waals surface area contributed by atoms with Crippen LogP contribution in [-0.4, -0.2) is 42.9 Å². The van der Waals surface area contributed by atoms with Crippen LogP contribution in [0.15, 0.2) is 28.9 Å². The van der Waals surface area contributed by atoms with Crippen molar-refractivity contribution in [3.63, 3.8) is 0 Å². The lowest BCUT2D eigenvalue weighted by Crippen LogP contribution is -2.40. The maximum atomic E-state index is 12.9. The largest absolute Gasteiger partial charge is 0.459 e. The van der Waals surface area contributed by atoms with Gasteiger partial charge in [-0.05, 0) is 50.6 Å². The molecular weight excluding hydrogens is 326 g/mol. The van der Waals surface area contributed by atoms with E-state index in [-0.39, 0.29) is 23.6 Å². The summed E-state index contributed by atoms with van der Waals surface area (Å²) < 4.78 is 5.08. The van der Waals surface area contributed by atoms with E-state index in [4.69, 9.17) is 4.42 Å². The van der Waals surface area contributed by atoms with Gasteiger partial charge in [-0.3, -0.25) is 9.59 Å². The molecule has 0 saturated carbocycles. The van der Waals surface area contributed by atoms with Crippen molar-refractivity contribution in [2.45, 2.75) is 25.8 Å². The molecule has 0 spiro atoms. The van der Waals surface area contributed by atoms with E-state index in [9.17, 15) is 9.59 Å². The van der Waals surface area contributed by atoms with Gasteiger partial charge in [0.2, 0.25) is 0 Å². The van der Waals surface area contributed by atoms with Crippen molar-refractivity contribution in [1.82, 2.24) is 10.2 Å². The first-order valence-electron chi connectivity index (χ1n) is 8.01. The zero-order chi connectivity index (χ0) is 17.1. The zero-order valence-corrected chi connectivity index (χ0v) is 14.6. The number of thiophene rings is 1. The van der Waals surface area contributed by atoms with Gasteiger partial charge >= 0.3 is 0 Å². The molecule has 1 unspecified atom stereocenters. The number of amides is 2. The van der Waals surface area contributed by atoms with Gasteiger partial charge < -0.3 is 20.0 Å². The number of aryl methyl sites for hydroxylation is 1. The van der Waals surface area contributed by atoms with Crippen molar-refractivity contribution in [1.29, 1.82) is 0 Å². The average Bonchev–Trinajstić information content (AvgIpc) is 3.27. The second-order valence-corrected chi connectivity index (χ2v) is 6.96. The normalized spacial score (nSPS) is 17.2. The molecule has 2 amide bonds. The second-order valence-electron chi connectivity index (χ2n) is 5.91. The number of rotatable bonds is 5. The molecule has 7 heteroatoms. The van der Waals surface area contributed by atoms with Crippen LogP contribution >= 0.6 is 11.3 Å². The summed E-state index contributed by atoms with van der Waals surface area (Å²) in [6.45, 7) is 3.49. The molecule has 6 nitrogen and oxygen atoms in total. The highest BCUT2D eigenvalue weighted by atomic mass is 32.1. The molecule has 128 valence electrons. The molecule has 0 radical (unpaired) electrons. The summed E-state index contributed by atoms with van der Waals surface area (Å²) in [6.07, 6.45) is 3.52. The van der Waals surface area contributed by atoms with Crippen LogP contribution in [0.1, 0.15) is 38.6 Å². The summed E-state index contributed by atoms with van der Waals surface area (Å²) in [4.78, 5) is 27.5. The number of hydrogen-bond donors (Lipinski definition) is 2. The summed E-state index contributed by atoms with van der Waals surface area (Å²) in [7, 11) is 1.90. The van der Waals surface area contributed by atoms with Gasteiger partial charge in [-0.25, -0.2) is 0 Å². The first-order chi connectivity index (χ1) is 11.6. The molecule has 2 aromatic heterocycles. The fourth-order valence-corrected chi connectivity index (χ4v) is 4.04. The predicted molar refractivity (Wildman–Crippen MR) is 93.7 cm³/mol. The van der Waals surface area contributed by atoms with Crippen LogP contribution in [0.25, 0.3) is 0 Å². The second kappa shape index (κ2) is 7.19. The highest BCUT2D eigenvalue weighted by Gasteiger charge is 2.30.